The van der Waals surface area contributed by atoms with Gasteiger partial charge in [-0.3, -0.25) is 14.4 Å². The fourth-order valence-corrected chi connectivity index (χ4v) is 5.56. The number of nitrogens with zero attached hydrogens (tertiary/aromatic N) is 1. The van der Waals surface area contributed by atoms with Crippen LogP contribution in [0, 0.1) is 17.8 Å². The summed E-state index contributed by atoms with van der Waals surface area (Å²) in [5.74, 6) is -9.22. The number of fused-ring (bicyclic) bond motifs is 1. The molecule has 13 heteroatoms. The minimum absolute atomic E-state index is 0.00462. The Morgan fingerprint density at radius 1 is 1.07 bits per heavy atom. The van der Waals surface area contributed by atoms with Gasteiger partial charge in [0.25, 0.3) is 5.91 Å². The number of nitrogens with one attached hydrogen (secondary N) is 2. The van der Waals surface area contributed by atoms with E-state index >= 15 is 0 Å². The number of benzene rings is 2. The number of anilines is 1. The molecule has 2 aromatic carbocycles. The van der Waals surface area contributed by atoms with Crippen LogP contribution in [0.1, 0.15) is 56.1 Å². The molecule has 3 amide bonds. The van der Waals surface area contributed by atoms with Crippen LogP contribution >= 0.6 is 0 Å². The van der Waals surface area contributed by atoms with Crippen molar-refractivity contribution < 1.29 is 41.1 Å². The van der Waals surface area contributed by atoms with Gasteiger partial charge in [-0.05, 0) is 37.7 Å². The predicted octanol–water partition coefficient (Wildman–Crippen LogP) is 4.96. The third-order valence-electron chi connectivity index (χ3n) is 7.87. The number of carbonyl (C=O) groups excluding carboxylic acids is 3. The van der Waals surface area contributed by atoms with Gasteiger partial charge in [-0.25, -0.2) is 13.8 Å². The van der Waals surface area contributed by atoms with Crippen LogP contribution in [0.2, 0.25) is 0 Å². The Hall–Kier alpha value is -4.03. The Morgan fingerprint density at radius 2 is 1.77 bits per heavy atom. The van der Waals surface area contributed by atoms with Crippen LogP contribution in [0.4, 0.5) is 27.6 Å². The number of benzodiazepines with no additional fused rings is 1. The summed E-state index contributed by atoms with van der Waals surface area (Å²) >= 11 is 0. The number of aliphatic imine (C=N–C) groups is 1. The second kappa shape index (κ2) is 11.9. The number of carbonyl (C=O) groups is 3. The lowest BCUT2D eigenvalue weighted by molar-refractivity contribution is -0.149. The molecule has 0 spiro atoms. The number of rotatable bonds is 11. The van der Waals surface area contributed by atoms with E-state index in [0.717, 1.165) is 12.8 Å². The fourth-order valence-electron chi connectivity index (χ4n) is 5.56. The quantitative estimate of drug-likeness (QED) is 0.313. The summed E-state index contributed by atoms with van der Waals surface area (Å²) in [5, 5.41) is 5.15. The molecule has 2 aromatic rings. The van der Waals surface area contributed by atoms with Crippen LogP contribution in [0.3, 0.4) is 0 Å². The van der Waals surface area contributed by atoms with E-state index in [-0.39, 0.29) is 12.5 Å². The molecule has 3 atom stereocenters. The average Bonchev–Trinajstić information content (AvgIpc) is 3.75. The monoisotopic (exact) mass is 606 g/mol. The summed E-state index contributed by atoms with van der Waals surface area (Å²) in [7, 11) is 0. The van der Waals surface area contributed by atoms with Crippen molar-refractivity contribution >= 4 is 29.1 Å². The lowest BCUT2D eigenvalue weighted by atomic mass is 9.72. The van der Waals surface area contributed by atoms with Gasteiger partial charge in [0.05, 0.1) is 17.5 Å². The molecule has 3 aliphatic rings. The molecule has 0 radical (unpaired) electrons. The van der Waals surface area contributed by atoms with Crippen molar-refractivity contribution in [2.24, 2.45) is 28.5 Å². The minimum Gasteiger partial charge on any atom is -0.488 e. The van der Waals surface area contributed by atoms with Gasteiger partial charge in [0.2, 0.25) is 23.9 Å². The van der Waals surface area contributed by atoms with Gasteiger partial charge in [-0.15, -0.1) is 0 Å². The topological polar surface area (TPSA) is 123 Å². The van der Waals surface area contributed by atoms with Gasteiger partial charge in [-0.1, -0.05) is 42.5 Å². The normalized spacial score (nSPS) is 21.3. The van der Waals surface area contributed by atoms with Gasteiger partial charge in [-0.2, -0.15) is 13.2 Å². The highest BCUT2D eigenvalue weighted by molar-refractivity contribution is 6.20. The van der Waals surface area contributed by atoms with Crippen LogP contribution in [0.15, 0.2) is 53.5 Å². The molecule has 3 unspecified atom stereocenters. The molecule has 0 saturated heterocycles. The second-order valence-corrected chi connectivity index (χ2v) is 11.4. The van der Waals surface area contributed by atoms with Gasteiger partial charge >= 0.3 is 6.18 Å². The van der Waals surface area contributed by atoms with Gasteiger partial charge in [0.1, 0.15) is 5.75 Å². The number of alkyl halides is 5. The number of hydrogen-bond acceptors (Lipinski definition) is 5. The molecule has 5 rings (SSSR count). The predicted molar refractivity (Wildman–Crippen MR) is 146 cm³/mol. The van der Waals surface area contributed by atoms with E-state index in [1.165, 1.54) is 0 Å². The van der Waals surface area contributed by atoms with Crippen LogP contribution in [-0.4, -0.2) is 47.8 Å². The minimum atomic E-state index is -4.66. The van der Waals surface area contributed by atoms with Crippen molar-refractivity contribution in [1.82, 2.24) is 5.32 Å². The van der Waals surface area contributed by atoms with E-state index in [2.05, 4.69) is 15.6 Å². The zero-order valence-electron chi connectivity index (χ0n) is 23.0. The maximum atomic E-state index is 13.6. The van der Waals surface area contributed by atoms with Crippen LogP contribution in [0.5, 0.6) is 5.75 Å². The highest BCUT2D eigenvalue weighted by atomic mass is 19.4. The first-order valence-electron chi connectivity index (χ1n) is 14.1. The Balaban J connectivity index is 1.46. The third-order valence-corrected chi connectivity index (χ3v) is 7.87. The smallest absolute Gasteiger partial charge is 0.389 e. The Labute approximate surface area is 244 Å². The van der Waals surface area contributed by atoms with Crippen LogP contribution < -0.4 is 21.1 Å². The molecule has 0 aromatic heterocycles. The molecule has 230 valence electrons. The van der Waals surface area contributed by atoms with Gasteiger partial charge in [0, 0.05) is 42.2 Å². The SMILES string of the molecule is NC(=O)C(CC1CC(F)(F)C1)C(CCC(F)(F)F)C(=O)NC1N=C(c2ccccc2)c2cccc(OC3CC3)c2NC1=O. The van der Waals surface area contributed by atoms with Gasteiger partial charge in [0.15, 0.2) is 0 Å². The lowest BCUT2D eigenvalue weighted by Gasteiger charge is -2.38. The zero-order chi connectivity index (χ0) is 30.9. The molecule has 2 aliphatic carbocycles. The van der Waals surface area contributed by atoms with Crippen molar-refractivity contribution in [3.05, 3.63) is 59.7 Å². The number of hydrogen-bond donors (Lipinski definition) is 3. The first-order valence-corrected chi connectivity index (χ1v) is 14.1. The summed E-state index contributed by atoms with van der Waals surface area (Å²) in [4.78, 5) is 43.9. The molecular formula is C30H31F5N4O4. The number of para-hydroxylation sites is 1. The van der Waals surface area contributed by atoms with E-state index in [1.54, 1.807) is 48.5 Å². The van der Waals surface area contributed by atoms with E-state index in [4.69, 9.17) is 10.5 Å². The van der Waals surface area contributed by atoms with E-state index in [1.807, 2.05) is 0 Å². The number of halogens is 5. The van der Waals surface area contributed by atoms with Crippen molar-refractivity contribution in [3.8, 4) is 5.75 Å². The van der Waals surface area contributed by atoms with Crippen molar-refractivity contribution in [3.63, 3.8) is 0 Å². The Bertz CT molecular complexity index is 1400. The summed E-state index contributed by atoms with van der Waals surface area (Å²) in [6.07, 6.45) is -8.18. The third kappa shape index (κ3) is 7.49. The zero-order valence-corrected chi connectivity index (χ0v) is 23.0. The number of primary amides is 1. The molecule has 0 bridgehead atoms. The number of ether oxygens (including phenoxy) is 1. The first kappa shape index (κ1) is 30.4. The Kier molecular flexibility index (Phi) is 8.44. The first-order chi connectivity index (χ1) is 20.3. The Morgan fingerprint density at radius 3 is 2.37 bits per heavy atom. The van der Waals surface area contributed by atoms with E-state index in [9.17, 15) is 36.3 Å². The number of amides is 3. The summed E-state index contributed by atoms with van der Waals surface area (Å²) in [6.45, 7) is 0. The van der Waals surface area contributed by atoms with Crippen molar-refractivity contribution in [2.45, 2.75) is 69.3 Å². The molecule has 2 fully saturated rings. The van der Waals surface area contributed by atoms with Crippen LogP contribution in [0.25, 0.3) is 0 Å². The standard InChI is InChI=1S/C30H31F5N4O4/c31-29(32)14-16(15-29)13-21(25(36)40)19(11-12-30(33,34)35)27(41)39-26-28(42)38-24-20(7-4-8-22(24)43-18-9-10-18)23(37-26)17-5-2-1-3-6-17/h1-8,16,18-19,21,26H,9-15H2,(H2,36,40)(H,38,42)(H,39,41). The molecule has 43 heavy (non-hydrogen) atoms. The largest absolute Gasteiger partial charge is 0.488 e. The van der Waals surface area contributed by atoms with Crippen LogP contribution in [-0.2, 0) is 14.4 Å². The maximum Gasteiger partial charge on any atom is 0.389 e. The molecule has 1 heterocycles. The average molecular weight is 607 g/mol. The highest BCUT2D eigenvalue weighted by Gasteiger charge is 2.48. The van der Waals surface area contributed by atoms with E-state index < -0.39 is 79.4 Å². The molecule has 4 N–H and O–H groups in total. The highest BCUT2D eigenvalue weighted by Crippen LogP contribution is 2.46. The maximum absolute atomic E-state index is 13.6. The van der Waals surface area contributed by atoms with Crippen molar-refractivity contribution in [2.75, 3.05) is 5.32 Å². The lowest BCUT2D eigenvalue weighted by Crippen LogP contribution is -2.49. The second-order valence-electron chi connectivity index (χ2n) is 11.4. The van der Waals surface area contributed by atoms with Gasteiger partial charge < -0.3 is 21.1 Å². The van der Waals surface area contributed by atoms with Crippen molar-refractivity contribution in [1.29, 1.82) is 0 Å². The molecular weight excluding hydrogens is 575 g/mol. The number of nitrogens with two attached hydrogens (primary N) is 1. The summed E-state index contributed by atoms with van der Waals surface area (Å²) in [5.41, 5.74) is 7.24. The molecule has 1 aliphatic heterocycles. The fraction of sp³-hybridized carbons (Fsp3) is 0.467. The molecule has 2 saturated carbocycles. The molecule has 8 nitrogen and oxygen atoms in total. The summed E-state index contributed by atoms with van der Waals surface area (Å²) < 4.78 is 72.6. The van der Waals surface area contributed by atoms with E-state index in [0.29, 0.717) is 28.3 Å². The summed E-state index contributed by atoms with van der Waals surface area (Å²) in [6, 6.07) is 13.9.